The van der Waals surface area contributed by atoms with Gasteiger partial charge in [-0.05, 0) is 30.2 Å². The monoisotopic (exact) mass is 212 g/mol. The average molecular weight is 212 g/mol. The topological polar surface area (TPSA) is 33.4 Å². The molecule has 0 aliphatic heterocycles. The van der Waals surface area contributed by atoms with Crippen molar-refractivity contribution in [1.29, 1.82) is 0 Å². The molecule has 0 spiro atoms. The highest BCUT2D eigenvalue weighted by molar-refractivity contribution is 6.08. The van der Waals surface area contributed by atoms with Crippen LogP contribution in [0.5, 0.6) is 5.75 Å². The van der Waals surface area contributed by atoms with Crippen LogP contribution in [-0.2, 0) is 6.42 Å². The zero-order valence-corrected chi connectivity index (χ0v) is 9.03. The van der Waals surface area contributed by atoms with Gasteiger partial charge in [0, 0.05) is 5.39 Å². The zero-order valence-electron chi connectivity index (χ0n) is 9.03. The van der Waals surface area contributed by atoms with Crippen LogP contribution in [0.2, 0.25) is 0 Å². The first-order valence-corrected chi connectivity index (χ1v) is 5.42. The maximum Gasteiger partial charge on any atom is 0.139 e. The summed E-state index contributed by atoms with van der Waals surface area (Å²) < 4.78 is 5.72. The number of rotatable bonds is 1. The Bertz CT molecular complexity index is 665. The van der Waals surface area contributed by atoms with E-state index < -0.39 is 0 Å². The van der Waals surface area contributed by atoms with Crippen molar-refractivity contribution >= 4 is 21.9 Å². The molecule has 2 nitrogen and oxygen atoms in total. The van der Waals surface area contributed by atoms with Crippen molar-refractivity contribution in [3.05, 3.63) is 42.0 Å². The molecule has 2 heteroatoms. The molecule has 0 atom stereocenters. The first-order chi connectivity index (χ1) is 7.79. The smallest absolute Gasteiger partial charge is 0.139 e. The highest BCUT2D eigenvalue weighted by atomic mass is 16.3. The van der Waals surface area contributed by atoms with Crippen LogP contribution < -0.4 is 0 Å². The van der Waals surface area contributed by atoms with Crippen LogP contribution in [0.1, 0.15) is 12.5 Å². The Kier molecular flexibility index (Phi) is 1.90. The third-order valence-electron chi connectivity index (χ3n) is 2.95. The second-order valence-corrected chi connectivity index (χ2v) is 3.94. The maximum absolute atomic E-state index is 9.82. The fourth-order valence-electron chi connectivity index (χ4n) is 2.07. The number of benzene rings is 2. The normalized spacial score (nSPS) is 11.3. The van der Waals surface area contributed by atoms with Crippen LogP contribution in [0.3, 0.4) is 0 Å². The van der Waals surface area contributed by atoms with Crippen molar-refractivity contribution in [2.45, 2.75) is 13.3 Å². The summed E-state index contributed by atoms with van der Waals surface area (Å²) in [6.07, 6.45) is 0.985. The van der Waals surface area contributed by atoms with Gasteiger partial charge >= 0.3 is 0 Å². The van der Waals surface area contributed by atoms with Crippen molar-refractivity contribution in [1.82, 2.24) is 0 Å². The van der Waals surface area contributed by atoms with Gasteiger partial charge in [-0.2, -0.15) is 0 Å². The molecule has 1 aromatic heterocycles. The van der Waals surface area contributed by atoms with E-state index in [0.717, 1.165) is 28.4 Å². The second kappa shape index (κ2) is 3.27. The molecular weight excluding hydrogens is 200 g/mol. The number of phenolic OH excluding ortho intramolecular Hbond substituents is 1. The summed E-state index contributed by atoms with van der Waals surface area (Å²) in [6, 6.07) is 11.5. The number of aromatic hydroxyl groups is 1. The molecule has 0 amide bonds. The number of furan rings is 1. The predicted molar refractivity (Wildman–Crippen MR) is 64.8 cm³/mol. The lowest BCUT2D eigenvalue weighted by molar-refractivity contribution is 0.481. The molecule has 2 aromatic carbocycles. The molecule has 3 rings (SSSR count). The van der Waals surface area contributed by atoms with E-state index in [1.807, 2.05) is 18.2 Å². The van der Waals surface area contributed by atoms with Gasteiger partial charge in [-0.25, -0.2) is 0 Å². The highest BCUT2D eigenvalue weighted by Gasteiger charge is 2.10. The number of hydrogen-bond donors (Lipinski definition) is 1. The van der Waals surface area contributed by atoms with Gasteiger partial charge in [0.1, 0.15) is 16.9 Å². The summed E-state index contributed by atoms with van der Waals surface area (Å²) in [5.74, 6) is 0.278. The van der Waals surface area contributed by atoms with Crippen molar-refractivity contribution in [3.8, 4) is 5.75 Å². The molecule has 1 heterocycles. The minimum Gasteiger partial charge on any atom is -0.507 e. The van der Waals surface area contributed by atoms with Gasteiger partial charge in [-0.3, -0.25) is 0 Å². The fraction of sp³-hybridized carbons (Fsp3) is 0.143. The Morgan fingerprint density at radius 3 is 2.81 bits per heavy atom. The summed E-state index contributed by atoms with van der Waals surface area (Å²) in [6.45, 7) is 2.11. The molecule has 0 aliphatic rings. The molecule has 0 saturated heterocycles. The van der Waals surface area contributed by atoms with E-state index >= 15 is 0 Å². The minimum atomic E-state index is 0.278. The van der Waals surface area contributed by atoms with Crippen molar-refractivity contribution in [2.75, 3.05) is 0 Å². The van der Waals surface area contributed by atoms with E-state index in [9.17, 15) is 5.11 Å². The molecule has 0 saturated carbocycles. The number of phenols is 1. The first-order valence-electron chi connectivity index (χ1n) is 5.42. The summed E-state index contributed by atoms with van der Waals surface area (Å²) in [5.41, 5.74) is 2.82. The van der Waals surface area contributed by atoms with E-state index in [0.29, 0.717) is 0 Å². The Morgan fingerprint density at radius 1 is 1.12 bits per heavy atom. The van der Waals surface area contributed by atoms with Crippen LogP contribution >= 0.6 is 0 Å². The Morgan fingerprint density at radius 2 is 2.00 bits per heavy atom. The largest absolute Gasteiger partial charge is 0.507 e. The molecule has 0 fully saturated rings. The summed E-state index contributed by atoms with van der Waals surface area (Å²) in [4.78, 5) is 0. The van der Waals surface area contributed by atoms with Gasteiger partial charge in [0.2, 0.25) is 0 Å². The van der Waals surface area contributed by atoms with Gasteiger partial charge in [-0.1, -0.05) is 25.1 Å². The molecule has 1 N–H and O–H groups in total. The quantitative estimate of drug-likeness (QED) is 0.664. The molecule has 0 unspecified atom stereocenters. The molecule has 0 aliphatic carbocycles. The third kappa shape index (κ3) is 1.20. The lowest BCUT2D eigenvalue weighted by Crippen LogP contribution is -1.77. The molecule has 0 bridgehead atoms. The lowest BCUT2D eigenvalue weighted by atomic mass is 10.1. The van der Waals surface area contributed by atoms with Gasteiger partial charge in [0.25, 0.3) is 0 Å². The first kappa shape index (κ1) is 9.28. The number of hydrogen-bond acceptors (Lipinski definition) is 2. The molecule has 3 aromatic rings. The number of fused-ring (bicyclic) bond motifs is 3. The van der Waals surface area contributed by atoms with E-state index in [1.165, 1.54) is 5.56 Å². The molecule has 16 heavy (non-hydrogen) atoms. The van der Waals surface area contributed by atoms with E-state index in [1.54, 1.807) is 12.1 Å². The number of aryl methyl sites for hydroxylation is 1. The summed E-state index contributed by atoms with van der Waals surface area (Å²) in [7, 11) is 0. The predicted octanol–water partition coefficient (Wildman–Crippen LogP) is 3.85. The van der Waals surface area contributed by atoms with E-state index in [-0.39, 0.29) is 5.75 Å². The molecular formula is C14H12O2. The third-order valence-corrected chi connectivity index (χ3v) is 2.95. The van der Waals surface area contributed by atoms with Gasteiger partial charge < -0.3 is 9.52 Å². The average Bonchev–Trinajstić information content (AvgIpc) is 2.67. The van der Waals surface area contributed by atoms with Gasteiger partial charge in [0.15, 0.2) is 0 Å². The molecule has 0 radical (unpaired) electrons. The zero-order chi connectivity index (χ0) is 11.1. The van der Waals surface area contributed by atoms with Gasteiger partial charge in [-0.15, -0.1) is 0 Å². The standard InChI is InChI=1S/C14H12O2/c1-2-9-6-7-10-13(8-9)16-12-5-3-4-11(15)14(10)12/h3-8,15H,2H2,1H3. The fourth-order valence-corrected chi connectivity index (χ4v) is 2.07. The summed E-state index contributed by atoms with van der Waals surface area (Å²) >= 11 is 0. The Labute approximate surface area is 93.1 Å². The van der Waals surface area contributed by atoms with Gasteiger partial charge in [0.05, 0.1) is 5.39 Å². The Balaban J connectivity index is 2.47. The van der Waals surface area contributed by atoms with Crippen LogP contribution in [0, 0.1) is 0 Å². The summed E-state index contributed by atoms with van der Waals surface area (Å²) in [5, 5.41) is 11.6. The molecule has 80 valence electrons. The van der Waals surface area contributed by atoms with Crippen LogP contribution in [0.25, 0.3) is 21.9 Å². The maximum atomic E-state index is 9.82. The van der Waals surface area contributed by atoms with E-state index in [2.05, 4.69) is 13.0 Å². The SMILES string of the molecule is CCc1ccc2c(c1)oc1cccc(O)c12. The Hall–Kier alpha value is -1.96. The van der Waals surface area contributed by atoms with Crippen LogP contribution in [0.4, 0.5) is 0 Å². The highest BCUT2D eigenvalue weighted by Crippen LogP contribution is 2.34. The van der Waals surface area contributed by atoms with Crippen LogP contribution in [-0.4, -0.2) is 5.11 Å². The lowest BCUT2D eigenvalue weighted by Gasteiger charge is -1.95. The van der Waals surface area contributed by atoms with Crippen molar-refractivity contribution < 1.29 is 9.52 Å². The van der Waals surface area contributed by atoms with Crippen molar-refractivity contribution in [3.63, 3.8) is 0 Å². The minimum absolute atomic E-state index is 0.278. The van der Waals surface area contributed by atoms with Crippen molar-refractivity contribution in [2.24, 2.45) is 0 Å². The van der Waals surface area contributed by atoms with Crippen LogP contribution in [0.15, 0.2) is 40.8 Å². The van der Waals surface area contributed by atoms with E-state index in [4.69, 9.17) is 4.42 Å². The second-order valence-electron chi connectivity index (χ2n) is 3.94.